The quantitative estimate of drug-likeness (QED) is 0.470. The molecule has 1 aromatic heterocycles. The first-order valence-corrected chi connectivity index (χ1v) is 12.2. The molecule has 2 aliphatic rings. The summed E-state index contributed by atoms with van der Waals surface area (Å²) in [5.74, 6) is 1.08. The molecule has 2 heterocycles. The van der Waals surface area contributed by atoms with Crippen molar-refractivity contribution in [1.29, 1.82) is 5.41 Å². The Labute approximate surface area is 187 Å². The van der Waals surface area contributed by atoms with Crippen molar-refractivity contribution in [2.24, 2.45) is 0 Å². The Morgan fingerprint density at radius 3 is 2.39 bits per heavy atom. The van der Waals surface area contributed by atoms with Crippen LogP contribution in [0.3, 0.4) is 0 Å². The van der Waals surface area contributed by atoms with Crippen molar-refractivity contribution in [3.63, 3.8) is 0 Å². The van der Waals surface area contributed by atoms with E-state index in [1.165, 1.54) is 44.9 Å². The minimum absolute atomic E-state index is 0.0228. The number of nitrogens with one attached hydrogen (secondary N) is 4. The third-order valence-corrected chi connectivity index (χ3v) is 6.55. The summed E-state index contributed by atoms with van der Waals surface area (Å²) < 4.78 is 0. The molecule has 7 heteroatoms. The molecule has 1 amide bonds. The third-order valence-electron chi connectivity index (χ3n) is 6.55. The number of carbonyl (C=O) groups is 1. The van der Waals surface area contributed by atoms with Gasteiger partial charge in [-0.1, -0.05) is 39.0 Å². The highest BCUT2D eigenvalue weighted by Crippen LogP contribution is 2.22. The molecule has 3 rings (SSSR count). The number of rotatable bonds is 8. The van der Waals surface area contributed by atoms with Crippen molar-refractivity contribution in [3.05, 3.63) is 17.7 Å². The maximum atomic E-state index is 12.7. The van der Waals surface area contributed by atoms with Crippen molar-refractivity contribution in [3.8, 4) is 0 Å². The number of hydrogen-bond donors (Lipinski definition) is 4. The summed E-state index contributed by atoms with van der Waals surface area (Å²) in [6, 6.07) is 4.34. The lowest BCUT2D eigenvalue weighted by molar-refractivity contribution is -0.115. The second kappa shape index (κ2) is 12.0. The maximum Gasteiger partial charge on any atom is 0.270 e. The Bertz CT molecular complexity index is 721. The van der Waals surface area contributed by atoms with Crippen LogP contribution in [0.1, 0.15) is 76.7 Å². The first-order chi connectivity index (χ1) is 15.1. The fourth-order valence-corrected chi connectivity index (χ4v) is 4.74. The highest BCUT2D eigenvalue weighted by molar-refractivity contribution is 6.45. The molecule has 1 aliphatic carbocycles. The summed E-state index contributed by atoms with van der Waals surface area (Å²) in [6.45, 7) is 5.34. The average Bonchev–Trinajstić information content (AvgIpc) is 2.76. The van der Waals surface area contributed by atoms with Crippen LogP contribution < -0.4 is 16.0 Å². The van der Waals surface area contributed by atoms with Crippen molar-refractivity contribution < 1.29 is 4.79 Å². The van der Waals surface area contributed by atoms with Gasteiger partial charge in [0.1, 0.15) is 17.3 Å². The van der Waals surface area contributed by atoms with E-state index in [0.717, 1.165) is 44.7 Å². The summed E-state index contributed by atoms with van der Waals surface area (Å²) in [4.78, 5) is 19.9. The van der Waals surface area contributed by atoms with E-state index in [0.29, 0.717) is 17.4 Å². The van der Waals surface area contributed by atoms with Crippen LogP contribution in [-0.4, -0.2) is 60.3 Å². The van der Waals surface area contributed by atoms with Gasteiger partial charge in [-0.3, -0.25) is 10.2 Å². The zero-order valence-electron chi connectivity index (χ0n) is 19.3. The maximum absolute atomic E-state index is 12.7. The van der Waals surface area contributed by atoms with Gasteiger partial charge in [0.15, 0.2) is 0 Å². The zero-order valence-corrected chi connectivity index (χ0v) is 19.3. The second-order valence-corrected chi connectivity index (χ2v) is 8.99. The van der Waals surface area contributed by atoms with E-state index in [1.807, 2.05) is 12.1 Å². The summed E-state index contributed by atoms with van der Waals surface area (Å²) >= 11 is 0. The predicted molar refractivity (Wildman–Crippen MR) is 128 cm³/mol. The van der Waals surface area contributed by atoms with Gasteiger partial charge in [-0.2, -0.15) is 0 Å². The molecule has 0 spiro atoms. The van der Waals surface area contributed by atoms with Crippen LogP contribution in [0, 0.1) is 5.41 Å². The molecule has 1 saturated carbocycles. The predicted octanol–water partition coefficient (Wildman–Crippen LogP) is 4.01. The molecule has 1 aliphatic heterocycles. The summed E-state index contributed by atoms with van der Waals surface area (Å²) in [5.41, 5.74) is 0.525. The molecule has 0 unspecified atom stereocenters. The molecule has 4 N–H and O–H groups in total. The normalized spacial score (nSPS) is 19.3. The van der Waals surface area contributed by atoms with E-state index >= 15 is 0 Å². The molecular formula is C24H40N6O. The highest BCUT2D eigenvalue weighted by atomic mass is 16.1. The zero-order chi connectivity index (χ0) is 22.1. The third kappa shape index (κ3) is 6.92. The molecule has 0 bridgehead atoms. The molecule has 1 aromatic rings. The smallest absolute Gasteiger partial charge is 0.270 e. The van der Waals surface area contributed by atoms with Crippen LogP contribution >= 0.6 is 0 Å². The molecule has 1 saturated heterocycles. The van der Waals surface area contributed by atoms with Crippen LogP contribution in [0.4, 0.5) is 11.6 Å². The van der Waals surface area contributed by atoms with Crippen molar-refractivity contribution >= 4 is 23.3 Å². The highest BCUT2D eigenvalue weighted by Gasteiger charge is 2.24. The van der Waals surface area contributed by atoms with Gasteiger partial charge in [0.2, 0.25) is 0 Å². The van der Waals surface area contributed by atoms with E-state index in [9.17, 15) is 4.79 Å². The van der Waals surface area contributed by atoms with E-state index in [1.54, 1.807) is 7.05 Å². The minimum Gasteiger partial charge on any atom is -0.373 e. The number of piperidine rings is 1. The van der Waals surface area contributed by atoms with Gasteiger partial charge in [0.05, 0.1) is 0 Å². The lowest BCUT2D eigenvalue weighted by atomic mass is 9.97. The molecule has 172 valence electrons. The Hall–Kier alpha value is -2.15. The van der Waals surface area contributed by atoms with Gasteiger partial charge in [0.25, 0.3) is 5.91 Å². The van der Waals surface area contributed by atoms with Gasteiger partial charge >= 0.3 is 0 Å². The molecule has 2 fully saturated rings. The molecule has 0 atom stereocenters. The van der Waals surface area contributed by atoms with Crippen LogP contribution in [0.2, 0.25) is 0 Å². The number of nitrogens with zero attached hydrogens (tertiary/aromatic N) is 2. The number of amides is 1. The van der Waals surface area contributed by atoms with Crippen LogP contribution in [0.25, 0.3) is 0 Å². The van der Waals surface area contributed by atoms with E-state index in [4.69, 9.17) is 5.41 Å². The van der Waals surface area contributed by atoms with Crippen LogP contribution in [-0.2, 0) is 4.79 Å². The van der Waals surface area contributed by atoms with E-state index < -0.39 is 0 Å². The Morgan fingerprint density at radius 2 is 1.74 bits per heavy atom. The Kier molecular flexibility index (Phi) is 9.13. The Balaban J connectivity index is 1.58. The number of aromatic nitrogens is 1. The van der Waals surface area contributed by atoms with E-state index in [2.05, 4.69) is 32.8 Å². The lowest BCUT2D eigenvalue weighted by Gasteiger charge is -2.32. The standard InChI is InChI=1S/C24H40N6O/c1-3-15-30-16-13-19(14-17-30)28-24(31)22(25)20-11-12-21(29-23(20)26-2)27-18-9-7-5-4-6-8-10-18/h11-12,18-19,25H,3-10,13-17H2,1-2H3,(H,28,31)(H2,26,27,29). The average molecular weight is 429 g/mol. The van der Waals surface area contributed by atoms with Crippen LogP contribution in [0.5, 0.6) is 0 Å². The van der Waals surface area contributed by atoms with Gasteiger partial charge in [-0.15, -0.1) is 0 Å². The van der Waals surface area contributed by atoms with Crippen molar-refractivity contribution in [1.82, 2.24) is 15.2 Å². The number of carbonyl (C=O) groups excluding carboxylic acids is 1. The van der Waals surface area contributed by atoms with Gasteiger partial charge in [0, 0.05) is 37.8 Å². The molecule has 0 aromatic carbocycles. The fraction of sp³-hybridized carbons (Fsp3) is 0.708. The van der Waals surface area contributed by atoms with Gasteiger partial charge < -0.3 is 20.9 Å². The Morgan fingerprint density at radius 1 is 1.06 bits per heavy atom. The molecule has 7 nitrogen and oxygen atoms in total. The largest absolute Gasteiger partial charge is 0.373 e. The number of anilines is 2. The first-order valence-electron chi connectivity index (χ1n) is 12.2. The second-order valence-electron chi connectivity index (χ2n) is 8.99. The van der Waals surface area contributed by atoms with Crippen molar-refractivity contribution in [2.75, 3.05) is 37.3 Å². The van der Waals surface area contributed by atoms with E-state index in [-0.39, 0.29) is 17.7 Å². The lowest BCUT2D eigenvalue weighted by Crippen LogP contribution is -2.46. The fourth-order valence-electron chi connectivity index (χ4n) is 4.74. The SMILES string of the molecule is CCCN1CCC(NC(=O)C(=N)c2ccc(NC3CCCCCCC3)nc2NC)CC1. The molecular weight excluding hydrogens is 388 g/mol. The number of pyridine rings is 1. The molecule has 0 radical (unpaired) electrons. The van der Waals surface area contributed by atoms with Crippen molar-refractivity contribution in [2.45, 2.75) is 83.2 Å². The van der Waals surface area contributed by atoms with Crippen LogP contribution in [0.15, 0.2) is 12.1 Å². The van der Waals surface area contributed by atoms with Gasteiger partial charge in [-0.05, 0) is 50.8 Å². The number of likely N-dealkylation sites (tertiary alicyclic amines) is 1. The molecule has 31 heavy (non-hydrogen) atoms. The topological polar surface area (TPSA) is 93.1 Å². The summed E-state index contributed by atoms with van der Waals surface area (Å²) in [5, 5.41) is 18.2. The summed E-state index contributed by atoms with van der Waals surface area (Å²) in [7, 11) is 1.79. The summed E-state index contributed by atoms with van der Waals surface area (Å²) in [6.07, 6.45) is 11.9. The minimum atomic E-state index is -0.312. The monoisotopic (exact) mass is 428 g/mol. The van der Waals surface area contributed by atoms with Gasteiger partial charge in [-0.25, -0.2) is 4.98 Å². The first kappa shape index (κ1) is 23.5. The number of hydrogen-bond acceptors (Lipinski definition) is 6.